The third kappa shape index (κ3) is 5.10. The number of thiophene rings is 1. The normalized spacial score (nSPS) is 11.6. The summed E-state index contributed by atoms with van der Waals surface area (Å²) < 4.78 is 1.46. The van der Waals surface area contributed by atoms with E-state index >= 15 is 0 Å². The summed E-state index contributed by atoms with van der Waals surface area (Å²) in [6.07, 6.45) is 3.13. The van der Waals surface area contributed by atoms with E-state index in [4.69, 9.17) is 0 Å². The maximum Gasteiger partial charge on any atom is 0.249 e. The molecule has 144 valence electrons. The molecule has 0 bridgehead atoms. The molecule has 2 heterocycles. The van der Waals surface area contributed by atoms with Crippen molar-refractivity contribution in [3.63, 3.8) is 0 Å². The zero-order valence-corrected chi connectivity index (χ0v) is 16.0. The number of carbonyl (C=O) groups excluding carboxylic acids is 3. The molecule has 0 saturated carbocycles. The second-order valence-electron chi connectivity index (χ2n) is 6.07. The summed E-state index contributed by atoms with van der Waals surface area (Å²) in [6, 6.07) is 9.83. The number of anilines is 2. The fourth-order valence-electron chi connectivity index (χ4n) is 2.43. The molecule has 0 aliphatic heterocycles. The highest BCUT2D eigenvalue weighted by atomic mass is 32.1. The fourth-order valence-corrected chi connectivity index (χ4v) is 3.13. The van der Waals surface area contributed by atoms with Crippen LogP contribution in [0.3, 0.4) is 0 Å². The first kappa shape index (κ1) is 19.4. The Kier molecular flexibility index (Phi) is 6.28. The van der Waals surface area contributed by atoms with E-state index in [2.05, 4.69) is 20.7 Å². The zero-order valence-electron chi connectivity index (χ0n) is 15.2. The van der Waals surface area contributed by atoms with E-state index < -0.39 is 6.04 Å². The highest BCUT2D eigenvalue weighted by molar-refractivity contribution is 7.12. The molecule has 0 unspecified atom stereocenters. The van der Waals surface area contributed by atoms with Gasteiger partial charge in [-0.1, -0.05) is 6.07 Å². The largest absolute Gasteiger partial charge is 0.326 e. The van der Waals surface area contributed by atoms with Crippen LogP contribution >= 0.6 is 11.3 Å². The molecule has 3 aromatic rings. The molecule has 1 atom stereocenters. The van der Waals surface area contributed by atoms with Gasteiger partial charge in [0, 0.05) is 24.2 Å². The van der Waals surface area contributed by atoms with Crippen LogP contribution in [0.2, 0.25) is 0 Å². The number of amides is 2. The lowest BCUT2D eigenvalue weighted by atomic mass is 10.2. The minimum absolute atomic E-state index is 0.0373. The van der Waals surface area contributed by atoms with Gasteiger partial charge in [0.2, 0.25) is 11.8 Å². The molecule has 1 aromatic carbocycles. The molecular formula is C19H19N5O3S. The van der Waals surface area contributed by atoms with Gasteiger partial charge in [0.25, 0.3) is 0 Å². The smallest absolute Gasteiger partial charge is 0.249 e. The van der Waals surface area contributed by atoms with Crippen molar-refractivity contribution in [1.82, 2.24) is 14.8 Å². The zero-order chi connectivity index (χ0) is 19.9. The van der Waals surface area contributed by atoms with Crippen molar-refractivity contribution in [2.45, 2.75) is 25.8 Å². The quantitative estimate of drug-likeness (QED) is 0.568. The average Bonchev–Trinajstić information content (AvgIpc) is 3.41. The van der Waals surface area contributed by atoms with Gasteiger partial charge >= 0.3 is 0 Å². The Hall–Kier alpha value is -3.33. The lowest BCUT2D eigenvalue weighted by Gasteiger charge is -2.12. The molecule has 28 heavy (non-hydrogen) atoms. The third-order valence-corrected chi connectivity index (χ3v) is 4.94. The Morgan fingerprint density at radius 2 is 1.79 bits per heavy atom. The van der Waals surface area contributed by atoms with Crippen LogP contribution in [0.15, 0.2) is 54.4 Å². The van der Waals surface area contributed by atoms with Gasteiger partial charge in [-0.3, -0.25) is 14.4 Å². The molecule has 0 aliphatic rings. The monoisotopic (exact) mass is 397 g/mol. The number of Topliss-reactive ketones (excluding diaryl/α,β-unsaturated/α-hetero) is 1. The predicted molar refractivity (Wildman–Crippen MR) is 106 cm³/mol. The average molecular weight is 397 g/mol. The second kappa shape index (κ2) is 9.05. The second-order valence-corrected chi connectivity index (χ2v) is 7.01. The van der Waals surface area contributed by atoms with E-state index in [1.807, 2.05) is 11.4 Å². The molecule has 9 heteroatoms. The van der Waals surface area contributed by atoms with E-state index in [1.165, 1.54) is 28.7 Å². The van der Waals surface area contributed by atoms with Crippen LogP contribution in [-0.2, 0) is 9.59 Å². The molecule has 8 nitrogen and oxygen atoms in total. The summed E-state index contributed by atoms with van der Waals surface area (Å²) in [7, 11) is 0. The number of aromatic nitrogens is 3. The number of ketones is 1. The van der Waals surface area contributed by atoms with Crippen molar-refractivity contribution >= 4 is 40.3 Å². The summed E-state index contributed by atoms with van der Waals surface area (Å²) in [5.74, 6) is -0.499. The van der Waals surface area contributed by atoms with Gasteiger partial charge in [-0.15, -0.1) is 11.3 Å². The minimum Gasteiger partial charge on any atom is -0.326 e. The van der Waals surface area contributed by atoms with Gasteiger partial charge in [-0.2, -0.15) is 5.10 Å². The lowest BCUT2D eigenvalue weighted by molar-refractivity contribution is -0.119. The number of hydrogen-bond acceptors (Lipinski definition) is 6. The maximum absolute atomic E-state index is 12.2. The summed E-state index contributed by atoms with van der Waals surface area (Å²) >= 11 is 1.37. The molecule has 2 amide bonds. The lowest BCUT2D eigenvalue weighted by Crippen LogP contribution is -2.24. The first-order valence-corrected chi connectivity index (χ1v) is 9.52. The number of nitrogens with one attached hydrogen (secondary N) is 2. The third-order valence-electron chi connectivity index (χ3n) is 4.02. The van der Waals surface area contributed by atoms with E-state index in [9.17, 15) is 14.4 Å². The number of benzene rings is 1. The van der Waals surface area contributed by atoms with Crippen molar-refractivity contribution in [1.29, 1.82) is 0 Å². The molecule has 0 spiro atoms. The van der Waals surface area contributed by atoms with E-state index in [-0.39, 0.29) is 30.4 Å². The van der Waals surface area contributed by atoms with Crippen LogP contribution in [0, 0.1) is 0 Å². The molecule has 2 aromatic heterocycles. The fraction of sp³-hybridized carbons (Fsp3) is 0.211. The van der Waals surface area contributed by atoms with Crippen molar-refractivity contribution < 1.29 is 14.4 Å². The van der Waals surface area contributed by atoms with Crippen LogP contribution in [0.5, 0.6) is 0 Å². The van der Waals surface area contributed by atoms with E-state index in [0.29, 0.717) is 16.3 Å². The Morgan fingerprint density at radius 1 is 1.07 bits per heavy atom. The number of rotatable bonds is 8. The van der Waals surface area contributed by atoms with Gasteiger partial charge in [0.15, 0.2) is 5.78 Å². The van der Waals surface area contributed by atoms with Crippen molar-refractivity contribution in [2.75, 3.05) is 10.6 Å². The predicted octanol–water partition coefficient (Wildman–Crippen LogP) is 3.14. The molecule has 0 aliphatic carbocycles. The Morgan fingerprint density at radius 3 is 2.39 bits per heavy atom. The molecule has 0 radical (unpaired) electrons. The summed E-state index contributed by atoms with van der Waals surface area (Å²) in [4.78, 5) is 40.7. The van der Waals surface area contributed by atoms with Gasteiger partial charge in [0.05, 0.1) is 4.88 Å². The highest BCUT2D eigenvalue weighted by Crippen LogP contribution is 2.17. The standard InChI is InChI=1S/C19H19N5O3S/c1-13(24-12-20-11-21-24)19(27)23-15-6-4-14(5-7-15)22-18(26)9-8-16(25)17-3-2-10-28-17/h2-7,10-13H,8-9H2,1H3,(H,22,26)(H,23,27)/t13-/m0/s1. The van der Waals surface area contributed by atoms with E-state index in [0.717, 1.165) is 0 Å². The van der Waals surface area contributed by atoms with Crippen molar-refractivity contribution in [2.24, 2.45) is 0 Å². The number of hydrogen-bond donors (Lipinski definition) is 2. The highest BCUT2D eigenvalue weighted by Gasteiger charge is 2.15. The molecule has 3 rings (SSSR count). The van der Waals surface area contributed by atoms with Gasteiger partial charge < -0.3 is 10.6 Å². The van der Waals surface area contributed by atoms with Crippen LogP contribution in [0.1, 0.15) is 35.5 Å². The Bertz CT molecular complexity index is 937. The van der Waals surface area contributed by atoms with Gasteiger partial charge in [0.1, 0.15) is 18.7 Å². The van der Waals surface area contributed by atoms with Gasteiger partial charge in [-0.05, 0) is 42.6 Å². The molecular weight excluding hydrogens is 378 g/mol. The van der Waals surface area contributed by atoms with Crippen LogP contribution in [0.25, 0.3) is 0 Å². The molecule has 0 fully saturated rings. The van der Waals surface area contributed by atoms with Crippen LogP contribution in [0.4, 0.5) is 11.4 Å². The molecule has 0 saturated heterocycles. The first-order chi connectivity index (χ1) is 13.5. The summed E-state index contributed by atoms with van der Waals surface area (Å²) in [5, 5.41) is 11.3. The minimum atomic E-state index is -0.497. The van der Waals surface area contributed by atoms with E-state index in [1.54, 1.807) is 37.3 Å². The first-order valence-electron chi connectivity index (χ1n) is 8.64. The van der Waals surface area contributed by atoms with Crippen molar-refractivity contribution in [3.8, 4) is 0 Å². The SMILES string of the molecule is C[C@@H](C(=O)Nc1ccc(NC(=O)CCC(=O)c2cccs2)cc1)n1cncn1. The number of nitrogens with zero attached hydrogens (tertiary/aromatic N) is 3. The maximum atomic E-state index is 12.2. The molecule has 2 N–H and O–H groups in total. The Labute approximate surface area is 165 Å². The van der Waals surface area contributed by atoms with Gasteiger partial charge in [-0.25, -0.2) is 9.67 Å². The van der Waals surface area contributed by atoms with Crippen molar-refractivity contribution in [3.05, 3.63) is 59.3 Å². The topological polar surface area (TPSA) is 106 Å². The van der Waals surface area contributed by atoms with Crippen LogP contribution < -0.4 is 10.6 Å². The summed E-state index contributed by atoms with van der Waals surface area (Å²) in [6.45, 7) is 1.72. The Balaban J connectivity index is 1.48. The van der Waals surface area contributed by atoms with Crippen LogP contribution in [-0.4, -0.2) is 32.4 Å². The number of carbonyl (C=O) groups is 3. The summed E-state index contributed by atoms with van der Waals surface area (Å²) in [5.41, 5.74) is 1.19.